The summed E-state index contributed by atoms with van der Waals surface area (Å²) in [6.07, 6.45) is 0. The van der Waals surface area contributed by atoms with Crippen LogP contribution < -0.4 is 10.4 Å². The fraction of sp³-hybridized carbons (Fsp3) is 0.154. The molecule has 0 saturated carbocycles. The van der Waals surface area contributed by atoms with Gasteiger partial charge in [0, 0.05) is 6.07 Å². The average molecular weight is 232 g/mol. The maximum absolute atomic E-state index is 11.7. The molecule has 4 heteroatoms. The Hall–Kier alpha value is -2.23. The molecule has 0 spiro atoms. The van der Waals surface area contributed by atoms with Gasteiger partial charge in [0.15, 0.2) is 0 Å². The van der Waals surface area contributed by atoms with Crippen LogP contribution in [0.2, 0.25) is 0 Å². The molecule has 88 valence electrons. The number of hydrogen-bond donors (Lipinski definition) is 1. The lowest BCUT2D eigenvalue weighted by Crippen LogP contribution is -2.03. The van der Waals surface area contributed by atoms with Crippen LogP contribution in [0.5, 0.6) is 11.5 Å². The Labute approximate surface area is 98.1 Å². The van der Waals surface area contributed by atoms with Gasteiger partial charge in [-0.1, -0.05) is 12.1 Å². The second-order valence-corrected chi connectivity index (χ2v) is 3.63. The molecular weight excluding hydrogens is 220 g/mol. The second-order valence-electron chi connectivity index (χ2n) is 3.63. The SMILES string of the molecule is COc1ccc(-c2c(O)cc(C)oc2=O)cc1. The first-order valence-electron chi connectivity index (χ1n) is 5.10. The van der Waals surface area contributed by atoms with E-state index < -0.39 is 5.63 Å². The molecule has 0 saturated heterocycles. The summed E-state index contributed by atoms with van der Waals surface area (Å²) in [5.74, 6) is 0.985. The summed E-state index contributed by atoms with van der Waals surface area (Å²) >= 11 is 0. The molecule has 0 aliphatic carbocycles. The predicted octanol–water partition coefficient (Wildman–Crippen LogP) is 2.33. The molecule has 4 nitrogen and oxygen atoms in total. The number of aromatic hydroxyl groups is 1. The summed E-state index contributed by atoms with van der Waals surface area (Å²) in [5.41, 5.74) is 0.211. The maximum atomic E-state index is 11.7. The number of methoxy groups -OCH3 is 1. The van der Waals surface area contributed by atoms with Gasteiger partial charge in [-0.3, -0.25) is 0 Å². The fourth-order valence-electron chi connectivity index (χ4n) is 1.62. The van der Waals surface area contributed by atoms with Crippen LogP contribution in [-0.4, -0.2) is 12.2 Å². The number of hydrogen-bond acceptors (Lipinski definition) is 4. The van der Waals surface area contributed by atoms with Crippen LogP contribution >= 0.6 is 0 Å². The van der Waals surface area contributed by atoms with E-state index in [9.17, 15) is 9.90 Å². The van der Waals surface area contributed by atoms with Crippen molar-refractivity contribution in [2.75, 3.05) is 7.11 Å². The normalized spacial score (nSPS) is 10.2. The largest absolute Gasteiger partial charge is 0.507 e. The van der Waals surface area contributed by atoms with Gasteiger partial charge in [0.1, 0.15) is 22.8 Å². The van der Waals surface area contributed by atoms with Gasteiger partial charge >= 0.3 is 5.63 Å². The quantitative estimate of drug-likeness (QED) is 0.863. The Kier molecular flexibility index (Phi) is 2.87. The summed E-state index contributed by atoms with van der Waals surface area (Å²) in [7, 11) is 1.56. The molecule has 1 N–H and O–H groups in total. The molecule has 1 aromatic carbocycles. The first-order chi connectivity index (χ1) is 8.11. The van der Waals surface area contributed by atoms with Crippen LogP contribution in [0.3, 0.4) is 0 Å². The van der Waals surface area contributed by atoms with Crippen molar-refractivity contribution < 1.29 is 14.3 Å². The van der Waals surface area contributed by atoms with Crippen LogP contribution in [0, 0.1) is 6.92 Å². The summed E-state index contributed by atoms with van der Waals surface area (Å²) < 4.78 is 9.97. The third kappa shape index (κ3) is 2.15. The molecule has 17 heavy (non-hydrogen) atoms. The van der Waals surface area contributed by atoms with E-state index in [0.29, 0.717) is 17.1 Å². The molecule has 0 unspecified atom stereocenters. The molecule has 0 aliphatic rings. The monoisotopic (exact) mass is 232 g/mol. The highest BCUT2D eigenvalue weighted by Crippen LogP contribution is 2.27. The van der Waals surface area contributed by atoms with Crippen molar-refractivity contribution in [1.82, 2.24) is 0 Å². The number of ether oxygens (including phenoxy) is 1. The van der Waals surface area contributed by atoms with Crippen molar-refractivity contribution in [2.24, 2.45) is 0 Å². The third-order valence-corrected chi connectivity index (χ3v) is 2.43. The summed E-state index contributed by atoms with van der Waals surface area (Å²) in [4.78, 5) is 11.7. The summed E-state index contributed by atoms with van der Waals surface area (Å²) in [5, 5.41) is 9.76. The molecule has 0 amide bonds. The second kappa shape index (κ2) is 4.33. The van der Waals surface area contributed by atoms with Crippen molar-refractivity contribution in [3.63, 3.8) is 0 Å². The Bertz CT molecular complexity index is 581. The van der Waals surface area contributed by atoms with Gasteiger partial charge in [-0.15, -0.1) is 0 Å². The lowest BCUT2D eigenvalue weighted by molar-refractivity contribution is 0.414. The molecule has 0 fully saturated rings. The van der Waals surface area contributed by atoms with E-state index in [0.717, 1.165) is 0 Å². The van der Waals surface area contributed by atoms with Crippen molar-refractivity contribution in [2.45, 2.75) is 6.92 Å². The zero-order valence-corrected chi connectivity index (χ0v) is 9.56. The molecule has 0 atom stereocenters. The van der Waals surface area contributed by atoms with Gasteiger partial charge in [-0.2, -0.15) is 0 Å². The minimum absolute atomic E-state index is 0.0797. The van der Waals surface area contributed by atoms with Gasteiger partial charge in [-0.05, 0) is 24.6 Å². The maximum Gasteiger partial charge on any atom is 0.347 e. The van der Waals surface area contributed by atoms with Crippen molar-refractivity contribution in [3.05, 3.63) is 46.5 Å². The highest BCUT2D eigenvalue weighted by Gasteiger charge is 2.11. The zero-order chi connectivity index (χ0) is 12.4. The van der Waals surface area contributed by atoms with Crippen LogP contribution in [-0.2, 0) is 0 Å². The van der Waals surface area contributed by atoms with E-state index in [-0.39, 0.29) is 11.3 Å². The predicted molar refractivity (Wildman–Crippen MR) is 63.4 cm³/mol. The lowest BCUT2D eigenvalue weighted by Gasteiger charge is -2.05. The number of rotatable bonds is 2. The summed E-state index contributed by atoms with van der Waals surface area (Å²) in [6.45, 7) is 1.61. The Morgan fingerprint density at radius 1 is 1.24 bits per heavy atom. The molecule has 0 radical (unpaired) electrons. The lowest BCUT2D eigenvalue weighted by atomic mass is 10.1. The van der Waals surface area contributed by atoms with Gasteiger partial charge in [0.05, 0.1) is 7.11 Å². The number of aryl methyl sites for hydroxylation is 1. The Morgan fingerprint density at radius 2 is 1.88 bits per heavy atom. The van der Waals surface area contributed by atoms with Crippen LogP contribution in [0.15, 0.2) is 39.5 Å². The van der Waals surface area contributed by atoms with E-state index >= 15 is 0 Å². The molecule has 0 bridgehead atoms. The molecule has 0 aliphatic heterocycles. The highest BCUT2D eigenvalue weighted by atomic mass is 16.5. The Balaban J connectivity index is 2.56. The van der Waals surface area contributed by atoms with Gasteiger partial charge in [-0.25, -0.2) is 4.79 Å². The fourth-order valence-corrected chi connectivity index (χ4v) is 1.62. The molecule has 1 heterocycles. The van der Waals surface area contributed by atoms with Gasteiger partial charge in [0.25, 0.3) is 0 Å². The number of benzene rings is 1. The van der Waals surface area contributed by atoms with Crippen LogP contribution in [0.25, 0.3) is 11.1 Å². The minimum Gasteiger partial charge on any atom is -0.507 e. The topological polar surface area (TPSA) is 59.7 Å². The first kappa shape index (κ1) is 11.3. The molecule has 2 rings (SSSR count). The first-order valence-corrected chi connectivity index (χ1v) is 5.10. The standard InChI is InChI=1S/C13H12O4/c1-8-7-11(14)12(13(15)17-8)9-3-5-10(16-2)6-4-9/h3-7,14H,1-2H3. The smallest absolute Gasteiger partial charge is 0.347 e. The molecular formula is C13H12O4. The Morgan fingerprint density at radius 3 is 2.41 bits per heavy atom. The molecule has 2 aromatic rings. The van der Waals surface area contributed by atoms with Crippen LogP contribution in [0.4, 0.5) is 0 Å². The van der Waals surface area contributed by atoms with E-state index in [1.165, 1.54) is 6.07 Å². The van der Waals surface area contributed by atoms with E-state index in [1.54, 1.807) is 38.3 Å². The molecule has 1 aromatic heterocycles. The van der Waals surface area contributed by atoms with E-state index in [2.05, 4.69) is 0 Å². The van der Waals surface area contributed by atoms with Crippen molar-refractivity contribution >= 4 is 0 Å². The zero-order valence-electron chi connectivity index (χ0n) is 9.56. The van der Waals surface area contributed by atoms with Gasteiger partial charge < -0.3 is 14.3 Å². The van der Waals surface area contributed by atoms with Crippen LogP contribution in [0.1, 0.15) is 5.76 Å². The minimum atomic E-state index is -0.548. The van der Waals surface area contributed by atoms with Crippen molar-refractivity contribution in [3.8, 4) is 22.6 Å². The average Bonchev–Trinajstić information content (AvgIpc) is 2.28. The van der Waals surface area contributed by atoms with Gasteiger partial charge in [0.2, 0.25) is 0 Å². The highest BCUT2D eigenvalue weighted by molar-refractivity contribution is 5.69. The third-order valence-electron chi connectivity index (χ3n) is 2.43. The van der Waals surface area contributed by atoms with Crippen molar-refractivity contribution in [1.29, 1.82) is 0 Å². The summed E-state index contributed by atoms with van der Waals surface area (Å²) in [6, 6.07) is 8.24. The van der Waals surface area contributed by atoms with E-state index in [4.69, 9.17) is 9.15 Å². The van der Waals surface area contributed by atoms with E-state index in [1.807, 2.05) is 0 Å².